The first-order valence-electron chi connectivity index (χ1n) is 8.20. The van der Waals surface area contributed by atoms with Crippen molar-refractivity contribution in [2.45, 2.75) is 6.04 Å². The zero-order chi connectivity index (χ0) is 17.6. The summed E-state index contributed by atoms with van der Waals surface area (Å²) in [5, 5.41) is 5.94. The van der Waals surface area contributed by atoms with Crippen LogP contribution in [0.1, 0.15) is 10.4 Å². The maximum absolute atomic E-state index is 12.7. The van der Waals surface area contributed by atoms with Crippen molar-refractivity contribution in [2.24, 2.45) is 0 Å². The molecule has 0 aliphatic carbocycles. The van der Waals surface area contributed by atoms with Gasteiger partial charge < -0.3 is 20.3 Å². The number of anilines is 2. The standard InChI is InChI=1S/C19H21N3O3.ClH/c1-22(16-8-3-2-4-9-16)19(24)14-6-5-7-15(12-14)21-18(23)17-13-25-11-10-20-17;/h2-9,12,17,20H,10-11,13H2,1H3,(H,21,23);1H. The van der Waals surface area contributed by atoms with Crippen LogP contribution in [-0.2, 0) is 9.53 Å². The smallest absolute Gasteiger partial charge is 0.258 e. The number of ether oxygens (including phenoxy) is 1. The molecule has 0 aromatic heterocycles. The van der Waals surface area contributed by atoms with Crippen molar-refractivity contribution < 1.29 is 14.3 Å². The van der Waals surface area contributed by atoms with Crippen LogP contribution in [0.2, 0.25) is 0 Å². The Labute approximate surface area is 158 Å². The maximum Gasteiger partial charge on any atom is 0.258 e. The van der Waals surface area contributed by atoms with Gasteiger partial charge in [0.05, 0.1) is 13.2 Å². The number of halogens is 1. The lowest BCUT2D eigenvalue weighted by molar-refractivity contribution is -0.120. The zero-order valence-electron chi connectivity index (χ0n) is 14.5. The molecule has 1 aliphatic heterocycles. The summed E-state index contributed by atoms with van der Waals surface area (Å²) < 4.78 is 5.30. The SMILES string of the molecule is CN(C(=O)c1cccc(NC(=O)C2COCCN2)c1)c1ccccc1.Cl. The first kappa shape index (κ1) is 19.9. The average Bonchev–Trinajstić information content (AvgIpc) is 2.68. The number of benzene rings is 2. The van der Waals surface area contributed by atoms with Crippen LogP contribution >= 0.6 is 12.4 Å². The molecule has 7 heteroatoms. The second-order valence-corrected chi connectivity index (χ2v) is 5.85. The van der Waals surface area contributed by atoms with Crippen molar-refractivity contribution in [1.29, 1.82) is 0 Å². The molecule has 1 saturated heterocycles. The molecule has 1 atom stereocenters. The molecule has 2 aromatic rings. The van der Waals surface area contributed by atoms with E-state index < -0.39 is 0 Å². The molecular weight excluding hydrogens is 354 g/mol. The molecular formula is C19H22ClN3O3. The summed E-state index contributed by atoms with van der Waals surface area (Å²) in [6.45, 7) is 1.61. The third kappa shape index (κ3) is 4.82. The van der Waals surface area contributed by atoms with Crippen LogP contribution in [0.5, 0.6) is 0 Å². The summed E-state index contributed by atoms with van der Waals surface area (Å²) in [7, 11) is 1.73. The maximum atomic E-state index is 12.7. The topological polar surface area (TPSA) is 70.7 Å². The summed E-state index contributed by atoms with van der Waals surface area (Å²) in [6.07, 6.45) is 0. The molecule has 0 saturated carbocycles. The third-order valence-electron chi connectivity index (χ3n) is 4.06. The van der Waals surface area contributed by atoms with Crippen LogP contribution in [0, 0.1) is 0 Å². The third-order valence-corrected chi connectivity index (χ3v) is 4.06. The highest BCUT2D eigenvalue weighted by Crippen LogP contribution is 2.17. The van der Waals surface area contributed by atoms with Gasteiger partial charge in [-0.3, -0.25) is 9.59 Å². The van der Waals surface area contributed by atoms with Crippen LogP contribution in [0.25, 0.3) is 0 Å². The summed E-state index contributed by atoms with van der Waals surface area (Å²) in [5.41, 5.74) is 1.91. The molecule has 0 radical (unpaired) electrons. The summed E-state index contributed by atoms with van der Waals surface area (Å²) in [6, 6.07) is 16.0. The van der Waals surface area contributed by atoms with Gasteiger partial charge in [-0.25, -0.2) is 0 Å². The number of carbonyl (C=O) groups is 2. The van der Waals surface area contributed by atoms with Crippen LogP contribution in [0.4, 0.5) is 11.4 Å². The Bertz CT molecular complexity index is 749. The Morgan fingerprint density at radius 3 is 2.62 bits per heavy atom. The summed E-state index contributed by atoms with van der Waals surface area (Å²) in [5.74, 6) is -0.304. The molecule has 1 fully saturated rings. The zero-order valence-corrected chi connectivity index (χ0v) is 15.3. The van der Waals surface area contributed by atoms with Gasteiger partial charge in [0.1, 0.15) is 6.04 Å². The molecule has 6 nitrogen and oxygen atoms in total. The van der Waals surface area contributed by atoms with Gasteiger partial charge in [-0.2, -0.15) is 0 Å². The molecule has 2 N–H and O–H groups in total. The van der Waals surface area contributed by atoms with E-state index >= 15 is 0 Å². The van der Waals surface area contributed by atoms with Crippen LogP contribution in [-0.4, -0.2) is 44.7 Å². The van der Waals surface area contributed by atoms with E-state index in [1.165, 1.54) is 0 Å². The number of hydrogen-bond acceptors (Lipinski definition) is 4. The molecule has 3 rings (SSSR count). The molecule has 138 valence electrons. The number of morpholine rings is 1. The number of nitrogens with zero attached hydrogens (tertiary/aromatic N) is 1. The molecule has 1 aliphatic rings. The fraction of sp³-hybridized carbons (Fsp3) is 0.263. The number of nitrogens with one attached hydrogen (secondary N) is 2. The second kappa shape index (κ2) is 9.33. The Morgan fingerprint density at radius 2 is 1.92 bits per heavy atom. The van der Waals surface area contributed by atoms with Crippen molar-refractivity contribution >= 4 is 35.6 Å². The van der Waals surface area contributed by atoms with Crippen molar-refractivity contribution in [3.63, 3.8) is 0 Å². The lowest BCUT2D eigenvalue weighted by Gasteiger charge is -2.23. The quantitative estimate of drug-likeness (QED) is 0.860. The van der Waals surface area contributed by atoms with Gasteiger partial charge >= 0.3 is 0 Å². The van der Waals surface area contributed by atoms with Gasteiger partial charge in [0, 0.05) is 30.5 Å². The Kier molecular flexibility index (Phi) is 7.15. The van der Waals surface area contributed by atoms with E-state index in [0.717, 1.165) is 5.69 Å². The normalized spacial score (nSPS) is 16.3. The molecule has 1 heterocycles. The summed E-state index contributed by atoms with van der Waals surface area (Å²) >= 11 is 0. The molecule has 26 heavy (non-hydrogen) atoms. The highest BCUT2D eigenvalue weighted by Gasteiger charge is 2.21. The van der Waals surface area contributed by atoms with Crippen LogP contribution in [0.15, 0.2) is 54.6 Å². The largest absolute Gasteiger partial charge is 0.378 e. The van der Waals surface area contributed by atoms with Gasteiger partial charge in [0.25, 0.3) is 5.91 Å². The Morgan fingerprint density at radius 1 is 1.15 bits per heavy atom. The van der Waals surface area contributed by atoms with E-state index in [1.54, 1.807) is 36.2 Å². The predicted octanol–water partition coefficient (Wildman–Crippen LogP) is 2.31. The number of carbonyl (C=O) groups excluding carboxylic acids is 2. The fourth-order valence-corrected chi connectivity index (χ4v) is 2.66. The van der Waals surface area contributed by atoms with E-state index in [1.807, 2.05) is 30.3 Å². The molecule has 2 amide bonds. The van der Waals surface area contributed by atoms with Gasteiger partial charge in [-0.15, -0.1) is 12.4 Å². The van der Waals surface area contributed by atoms with Crippen molar-refractivity contribution in [1.82, 2.24) is 5.32 Å². The van der Waals surface area contributed by atoms with E-state index in [0.29, 0.717) is 31.0 Å². The number of amides is 2. The Hall–Kier alpha value is -2.41. The minimum Gasteiger partial charge on any atom is -0.378 e. The molecule has 1 unspecified atom stereocenters. The monoisotopic (exact) mass is 375 g/mol. The molecule has 0 spiro atoms. The lowest BCUT2D eigenvalue weighted by Crippen LogP contribution is -2.48. The van der Waals surface area contributed by atoms with Crippen molar-refractivity contribution in [2.75, 3.05) is 37.0 Å². The minimum absolute atomic E-state index is 0. The highest BCUT2D eigenvalue weighted by atomic mass is 35.5. The fourth-order valence-electron chi connectivity index (χ4n) is 2.66. The van der Waals surface area contributed by atoms with Crippen molar-refractivity contribution in [3.8, 4) is 0 Å². The van der Waals surface area contributed by atoms with Crippen molar-refractivity contribution in [3.05, 3.63) is 60.2 Å². The number of hydrogen-bond donors (Lipinski definition) is 2. The molecule has 0 bridgehead atoms. The number of rotatable bonds is 4. The first-order valence-corrected chi connectivity index (χ1v) is 8.20. The van der Waals surface area contributed by atoms with Crippen LogP contribution < -0.4 is 15.5 Å². The first-order chi connectivity index (χ1) is 12.1. The van der Waals surface area contributed by atoms with E-state index in [2.05, 4.69) is 10.6 Å². The van der Waals surface area contributed by atoms with Crippen LogP contribution in [0.3, 0.4) is 0 Å². The van der Waals surface area contributed by atoms with E-state index in [9.17, 15) is 9.59 Å². The predicted molar refractivity (Wildman–Crippen MR) is 104 cm³/mol. The minimum atomic E-state index is -0.375. The molecule has 2 aromatic carbocycles. The van der Waals surface area contributed by atoms with E-state index in [-0.39, 0.29) is 30.3 Å². The summed E-state index contributed by atoms with van der Waals surface area (Å²) in [4.78, 5) is 26.5. The Balaban J connectivity index is 0.00000243. The van der Waals surface area contributed by atoms with Gasteiger partial charge in [-0.05, 0) is 30.3 Å². The van der Waals surface area contributed by atoms with Gasteiger partial charge in [-0.1, -0.05) is 24.3 Å². The highest BCUT2D eigenvalue weighted by molar-refractivity contribution is 6.06. The lowest BCUT2D eigenvalue weighted by atomic mass is 10.1. The van der Waals surface area contributed by atoms with Gasteiger partial charge in [0.15, 0.2) is 0 Å². The average molecular weight is 376 g/mol. The second-order valence-electron chi connectivity index (χ2n) is 5.85. The number of para-hydroxylation sites is 1. The van der Waals surface area contributed by atoms with E-state index in [4.69, 9.17) is 4.74 Å². The van der Waals surface area contributed by atoms with Gasteiger partial charge in [0.2, 0.25) is 5.91 Å².